The van der Waals surface area contributed by atoms with Gasteiger partial charge in [0.2, 0.25) is 0 Å². The second-order valence-electron chi connectivity index (χ2n) is 3.56. The standard InChI is InChI=1S/C13H8Br2F2O/c14-10-2-1-3-12(17)9(10)7-18-13-6-8(16)4-5-11(13)15/h1-6H,7H2. The van der Waals surface area contributed by atoms with Gasteiger partial charge < -0.3 is 4.74 Å². The quantitative estimate of drug-likeness (QED) is 0.725. The highest BCUT2D eigenvalue weighted by atomic mass is 79.9. The Hall–Kier alpha value is -0.940. The molecule has 0 saturated carbocycles. The summed E-state index contributed by atoms with van der Waals surface area (Å²) < 4.78 is 33.2. The minimum Gasteiger partial charge on any atom is -0.487 e. The van der Waals surface area contributed by atoms with Gasteiger partial charge in [0.1, 0.15) is 24.0 Å². The van der Waals surface area contributed by atoms with Crippen LogP contribution in [0.3, 0.4) is 0 Å². The van der Waals surface area contributed by atoms with Gasteiger partial charge in [-0.1, -0.05) is 22.0 Å². The van der Waals surface area contributed by atoms with Gasteiger partial charge in [-0.15, -0.1) is 0 Å². The molecule has 2 rings (SSSR count). The van der Waals surface area contributed by atoms with Crippen molar-refractivity contribution >= 4 is 31.9 Å². The van der Waals surface area contributed by atoms with E-state index in [0.29, 0.717) is 20.3 Å². The molecular formula is C13H8Br2F2O. The minimum absolute atomic E-state index is 0.0231. The van der Waals surface area contributed by atoms with Crippen molar-refractivity contribution < 1.29 is 13.5 Å². The Morgan fingerprint density at radius 2 is 1.78 bits per heavy atom. The summed E-state index contributed by atoms with van der Waals surface area (Å²) in [6.45, 7) is 0.0231. The molecule has 5 heteroatoms. The fraction of sp³-hybridized carbons (Fsp3) is 0.0769. The number of benzene rings is 2. The molecule has 0 fully saturated rings. The van der Waals surface area contributed by atoms with Crippen LogP contribution in [0.1, 0.15) is 5.56 Å². The third kappa shape index (κ3) is 3.09. The lowest BCUT2D eigenvalue weighted by atomic mass is 10.2. The first-order valence-electron chi connectivity index (χ1n) is 5.08. The van der Waals surface area contributed by atoms with Crippen LogP contribution in [0.5, 0.6) is 5.75 Å². The number of ether oxygens (including phenoxy) is 1. The fourth-order valence-corrected chi connectivity index (χ4v) is 2.23. The van der Waals surface area contributed by atoms with E-state index in [2.05, 4.69) is 31.9 Å². The predicted molar refractivity (Wildman–Crippen MR) is 72.5 cm³/mol. The van der Waals surface area contributed by atoms with Crippen LogP contribution in [0.15, 0.2) is 45.3 Å². The van der Waals surface area contributed by atoms with Gasteiger partial charge in [0.25, 0.3) is 0 Å². The maximum atomic E-state index is 13.5. The van der Waals surface area contributed by atoms with Crippen LogP contribution in [0.25, 0.3) is 0 Å². The van der Waals surface area contributed by atoms with E-state index in [1.165, 1.54) is 18.2 Å². The summed E-state index contributed by atoms with van der Waals surface area (Å²) in [5.41, 5.74) is 0.397. The van der Waals surface area contributed by atoms with Crippen LogP contribution < -0.4 is 4.74 Å². The zero-order valence-electron chi connectivity index (χ0n) is 9.09. The second kappa shape index (κ2) is 5.80. The number of rotatable bonds is 3. The molecule has 0 aromatic heterocycles. The van der Waals surface area contributed by atoms with Crippen LogP contribution in [0.4, 0.5) is 8.78 Å². The Labute approximate surface area is 120 Å². The highest BCUT2D eigenvalue weighted by molar-refractivity contribution is 9.10. The van der Waals surface area contributed by atoms with Crippen molar-refractivity contribution in [2.24, 2.45) is 0 Å². The molecule has 0 aliphatic carbocycles. The van der Waals surface area contributed by atoms with Gasteiger partial charge in [-0.05, 0) is 40.2 Å². The smallest absolute Gasteiger partial charge is 0.136 e. The first-order chi connectivity index (χ1) is 8.58. The SMILES string of the molecule is Fc1ccc(Br)c(OCc2c(F)cccc2Br)c1. The van der Waals surface area contributed by atoms with E-state index in [1.54, 1.807) is 18.2 Å². The lowest BCUT2D eigenvalue weighted by Crippen LogP contribution is -2.00. The number of hydrogen-bond donors (Lipinski definition) is 0. The van der Waals surface area contributed by atoms with Crippen LogP contribution in [0.2, 0.25) is 0 Å². The maximum absolute atomic E-state index is 13.5. The van der Waals surface area contributed by atoms with Crippen molar-refractivity contribution in [3.05, 3.63) is 62.5 Å². The summed E-state index contributed by atoms with van der Waals surface area (Å²) in [4.78, 5) is 0. The van der Waals surface area contributed by atoms with Crippen LogP contribution in [0, 0.1) is 11.6 Å². The fourth-order valence-electron chi connectivity index (χ4n) is 1.41. The molecule has 2 aromatic carbocycles. The Balaban J connectivity index is 2.19. The maximum Gasteiger partial charge on any atom is 0.136 e. The van der Waals surface area contributed by atoms with E-state index >= 15 is 0 Å². The zero-order valence-corrected chi connectivity index (χ0v) is 12.3. The molecule has 0 heterocycles. The predicted octanol–water partition coefficient (Wildman–Crippen LogP) is 5.07. The van der Waals surface area contributed by atoms with Gasteiger partial charge in [0, 0.05) is 16.1 Å². The summed E-state index contributed by atoms with van der Waals surface area (Å²) in [7, 11) is 0. The normalized spacial score (nSPS) is 10.4. The lowest BCUT2D eigenvalue weighted by molar-refractivity contribution is 0.295. The molecule has 0 atom stereocenters. The average Bonchev–Trinajstić information content (AvgIpc) is 2.33. The average molecular weight is 378 g/mol. The number of hydrogen-bond acceptors (Lipinski definition) is 1. The Kier molecular flexibility index (Phi) is 4.35. The summed E-state index contributed by atoms with van der Waals surface area (Å²) in [6.07, 6.45) is 0. The van der Waals surface area contributed by atoms with Crippen molar-refractivity contribution in [1.82, 2.24) is 0 Å². The van der Waals surface area contributed by atoms with Crippen LogP contribution in [-0.4, -0.2) is 0 Å². The molecule has 0 N–H and O–H groups in total. The molecule has 0 unspecified atom stereocenters. The van der Waals surface area contributed by atoms with Crippen molar-refractivity contribution in [3.8, 4) is 5.75 Å². The van der Waals surface area contributed by atoms with Gasteiger partial charge in [-0.3, -0.25) is 0 Å². The number of halogens is 4. The first kappa shape index (κ1) is 13.5. The molecule has 1 nitrogen and oxygen atoms in total. The van der Waals surface area contributed by atoms with E-state index in [1.807, 2.05) is 0 Å². The molecule has 2 aromatic rings. The summed E-state index contributed by atoms with van der Waals surface area (Å²) in [5, 5.41) is 0. The largest absolute Gasteiger partial charge is 0.487 e. The molecule has 0 aliphatic heterocycles. The summed E-state index contributed by atoms with van der Waals surface area (Å²) in [6, 6.07) is 8.78. The van der Waals surface area contributed by atoms with Gasteiger partial charge in [-0.25, -0.2) is 8.78 Å². The Morgan fingerprint density at radius 1 is 1.00 bits per heavy atom. The van der Waals surface area contributed by atoms with E-state index in [-0.39, 0.29) is 12.4 Å². The molecule has 0 spiro atoms. The topological polar surface area (TPSA) is 9.23 Å². The summed E-state index contributed by atoms with van der Waals surface area (Å²) in [5.74, 6) is -0.428. The Bertz CT molecular complexity index is 553. The third-order valence-electron chi connectivity index (χ3n) is 2.33. The Morgan fingerprint density at radius 3 is 2.50 bits per heavy atom. The molecule has 0 aliphatic rings. The molecule has 94 valence electrons. The van der Waals surface area contributed by atoms with Crippen LogP contribution in [-0.2, 0) is 6.61 Å². The van der Waals surface area contributed by atoms with Crippen molar-refractivity contribution in [1.29, 1.82) is 0 Å². The monoisotopic (exact) mass is 376 g/mol. The van der Waals surface area contributed by atoms with Crippen LogP contribution >= 0.6 is 31.9 Å². The van der Waals surface area contributed by atoms with Gasteiger partial charge >= 0.3 is 0 Å². The van der Waals surface area contributed by atoms with Gasteiger partial charge in [-0.2, -0.15) is 0 Å². The second-order valence-corrected chi connectivity index (χ2v) is 5.27. The lowest BCUT2D eigenvalue weighted by Gasteiger charge is -2.10. The first-order valence-corrected chi connectivity index (χ1v) is 6.67. The van der Waals surface area contributed by atoms with E-state index < -0.39 is 5.82 Å². The highest BCUT2D eigenvalue weighted by Gasteiger charge is 2.09. The van der Waals surface area contributed by atoms with Crippen molar-refractivity contribution in [2.75, 3.05) is 0 Å². The van der Waals surface area contributed by atoms with E-state index in [4.69, 9.17) is 4.74 Å². The van der Waals surface area contributed by atoms with Crippen molar-refractivity contribution in [2.45, 2.75) is 6.61 Å². The molecule has 0 saturated heterocycles. The van der Waals surface area contributed by atoms with E-state index in [9.17, 15) is 8.78 Å². The molecule has 0 radical (unpaired) electrons. The highest BCUT2D eigenvalue weighted by Crippen LogP contribution is 2.28. The summed E-state index contributed by atoms with van der Waals surface area (Å²) >= 11 is 6.49. The zero-order chi connectivity index (χ0) is 13.1. The van der Waals surface area contributed by atoms with Crippen molar-refractivity contribution in [3.63, 3.8) is 0 Å². The molecule has 0 amide bonds. The van der Waals surface area contributed by atoms with Gasteiger partial charge in [0.05, 0.1) is 4.47 Å². The molecule has 18 heavy (non-hydrogen) atoms. The minimum atomic E-state index is -0.402. The third-order valence-corrected chi connectivity index (χ3v) is 3.73. The molecular weight excluding hydrogens is 370 g/mol. The molecule has 0 bridgehead atoms. The van der Waals surface area contributed by atoms with E-state index in [0.717, 1.165) is 0 Å². The van der Waals surface area contributed by atoms with Gasteiger partial charge in [0.15, 0.2) is 0 Å².